The van der Waals surface area contributed by atoms with Gasteiger partial charge in [-0.15, -0.1) is 0 Å². The number of benzene rings is 3. The molecule has 0 unspecified atom stereocenters. The Morgan fingerprint density at radius 3 is 2.49 bits per heavy atom. The molecule has 1 N–H and O–H groups in total. The molecule has 10 nitrogen and oxygen atoms in total. The van der Waals surface area contributed by atoms with Gasteiger partial charge in [0, 0.05) is 35.5 Å². The second-order valence-electron chi connectivity index (χ2n) is 10.4. The van der Waals surface area contributed by atoms with E-state index in [1.54, 1.807) is 11.8 Å². The van der Waals surface area contributed by atoms with Crippen LogP contribution < -0.4 is 14.4 Å². The molecule has 4 aromatic rings. The number of anilines is 1. The van der Waals surface area contributed by atoms with Gasteiger partial charge in [-0.25, -0.2) is 9.69 Å². The third-order valence-electron chi connectivity index (χ3n) is 7.98. The van der Waals surface area contributed by atoms with E-state index in [4.69, 9.17) is 9.47 Å². The Bertz CT molecular complexity index is 1680. The number of hydrogen-bond donors (Lipinski definition) is 1. The van der Waals surface area contributed by atoms with Crippen molar-refractivity contribution in [2.75, 3.05) is 24.7 Å². The van der Waals surface area contributed by atoms with Gasteiger partial charge in [0.05, 0.1) is 29.5 Å². The summed E-state index contributed by atoms with van der Waals surface area (Å²) in [5.74, 6) is 0.613. The smallest absolute Gasteiger partial charge is 0.332 e. The van der Waals surface area contributed by atoms with Crippen molar-refractivity contribution in [2.45, 2.75) is 38.6 Å². The lowest BCUT2D eigenvalue weighted by Gasteiger charge is -2.40. The van der Waals surface area contributed by atoms with Gasteiger partial charge in [0.15, 0.2) is 17.0 Å². The second kappa shape index (κ2) is 9.96. The Morgan fingerprint density at radius 2 is 1.78 bits per heavy atom. The molecule has 41 heavy (non-hydrogen) atoms. The van der Waals surface area contributed by atoms with Crippen LogP contribution in [-0.2, 0) is 10.3 Å². The first kappa shape index (κ1) is 26.4. The molecule has 0 bridgehead atoms. The molecule has 2 atom stereocenters. The zero-order chi connectivity index (χ0) is 28.9. The van der Waals surface area contributed by atoms with Crippen LogP contribution in [0.25, 0.3) is 10.9 Å². The molecule has 210 valence electrons. The lowest BCUT2D eigenvalue weighted by molar-refractivity contribution is -0.384. The summed E-state index contributed by atoms with van der Waals surface area (Å²) >= 11 is 0. The number of nitrogens with zero attached hydrogens (tertiary/aromatic N) is 3. The normalized spacial score (nSPS) is 19.8. The molecule has 10 heteroatoms. The van der Waals surface area contributed by atoms with E-state index < -0.39 is 22.4 Å². The maximum absolute atomic E-state index is 14.1. The number of H-pyrrole nitrogens is 1. The first-order valence-corrected chi connectivity index (χ1v) is 13.7. The van der Waals surface area contributed by atoms with Gasteiger partial charge in [0.25, 0.3) is 11.6 Å². The van der Waals surface area contributed by atoms with Crippen LogP contribution in [0.1, 0.15) is 49.9 Å². The van der Waals surface area contributed by atoms with Gasteiger partial charge in [-0.3, -0.25) is 14.9 Å². The Hall–Kier alpha value is -4.86. The Balaban J connectivity index is 1.49. The SMILES string of the molecule is CCCOc1ccc([C@@H]2CN3C(=O)N(c4ccc([N+](=O)[O-])cc4)C(=O)[C@]3(C)c3[nH]c4ccccc4c32)cc1OCC. The Morgan fingerprint density at radius 1 is 1.02 bits per heavy atom. The van der Waals surface area contributed by atoms with Crippen LogP contribution in [0, 0.1) is 10.1 Å². The van der Waals surface area contributed by atoms with Gasteiger partial charge in [-0.05, 0) is 61.7 Å². The molecular formula is C31H30N4O6. The van der Waals surface area contributed by atoms with E-state index in [1.165, 1.54) is 24.3 Å². The van der Waals surface area contributed by atoms with Crippen molar-refractivity contribution >= 4 is 34.2 Å². The quantitative estimate of drug-likeness (QED) is 0.160. The summed E-state index contributed by atoms with van der Waals surface area (Å²) in [6.45, 7) is 7.01. The molecule has 1 aromatic heterocycles. The molecule has 2 aliphatic rings. The molecule has 1 saturated heterocycles. The molecule has 1 fully saturated rings. The van der Waals surface area contributed by atoms with E-state index in [0.29, 0.717) is 30.4 Å². The number of nitro groups is 1. The molecule has 3 aromatic carbocycles. The largest absolute Gasteiger partial charge is 0.490 e. The van der Waals surface area contributed by atoms with E-state index in [0.717, 1.165) is 33.4 Å². The zero-order valence-electron chi connectivity index (χ0n) is 23.0. The number of non-ortho nitro benzene ring substituents is 1. The molecule has 0 radical (unpaired) electrons. The number of nitrogens with one attached hydrogen (secondary N) is 1. The number of urea groups is 1. The van der Waals surface area contributed by atoms with Crippen molar-refractivity contribution in [2.24, 2.45) is 0 Å². The number of carbonyl (C=O) groups is 2. The number of carbonyl (C=O) groups excluding carboxylic acids is 2. The fourth-order valence-corrected chi connectivity index (χ4v) is 5.98. The van der Waals surface area contributed by atoms with E-state index in [2.05, 4.69) is 4.98 Å². The van der Waals surface area contributed by atoms with Gasteiger partial charge < -0.3 is 19.4 Å². The molecule has 0 aliphatic carbocycles. The molecule has 3 heterocycles. The van der Waals surface area contributed by atoms with E-state index in [9.17, 15) is 19.7 Å². The first-order chi connectivity index (χ1) is 19.8. The summed E-state index contributed by atoms with van der Waals surface area (Å²) in [4.78, 5) is 44.9. The monoisotopic (exact) mass is 554 g/mol. The predicted molar refractivity (Wildman–Crippen MR) is 154 cm³/mol. The number of amides is 3. The van der Waals surface area contributed by atoms with E-state index in [1.807, 2.05) is 56.3 Å². The molecular weight excluding hydrogens is 524 g/mol. The van der Waals surface area contributed by atoms with Gasteiger partial charge in [0.1, 0.15) is 0 Å². The zero-order valence-corrected chi connectivity index (χ0v) is 23.0. The number of hydrogen-bond acceptors (Lipinski definition) is 6. The highest BCUT2D eigenvalue weighted by Gasteiger charge is 2.60. The number of ether oxygens (including phenoxy) is 2. The number of aromatic amines is 1. The number of para-hydroxylation sites is 1. The summed E-state index contributed by atoms with van der Waals surface area (Å²) < 4.78 is 11.9. The summed E-state index contributed by atoms with van der Waals surface area (Å²) in [6, 6.07) is 18.7. The molecule has 0 spiro atoms. The third-order valence-corrected chi connectivity index (χ3v) is 7.98. The fourth-order valence-electron chi connectivity index (χ4n) is 5.98. The van der Waals surface area contributed by atoms with Crippen LogP contribution in [-0.4, -0.2) is 46.5 Å². The van der Waals surface area contributed by atoms with Crippen LogP contribution in [0.3, 0.4) is 0 Å². The van der Waals surface area contributed by atoms with Crippen molar-refractivity contribution < 1.29 is 24.0 Å². The minimum Gasteiger partial charge on any atom is -0.490 e. The minimum atomic E-state index is -1.30. The third kappa shape index (κ3) is 4.01. The van der Waals surface area contributed by atoms with Crippen molar-refractivity contribution in [1.82, 2.24) is 9.88 Å². The van der Waals surface area contributed by atoms with E-state index in [-0.39, 0.29) is 23.8 Å². The molecule has 6 rings (SSSR count). The summed E-state index contributed by atoms with van der Waals surface area (Å²) in [5, 5.41) is 12.2. The number of nitro benzene ring substituents is 1. The van der Waals surface area contributed by atoms with Gasteiger partial charge in [0.2, 0.25) is 0 Å². The van der Waals surface area contributed by atoms with Gasteiger partial charge in [-0.1, -0.05) is 31.2 Å². The van der Waals surface area contributed by atoms with Crippen molar-refractivity contribution in [3.05, 3.63) is 93.7 Å². The highest BCUT2D eigenvalue weighted by molar-refractivity contribution is 6.23. The van der Waals surface area contributed by atoms with Gasteiger partial charge >= 0.3 is 6.03 Å². The first-order valence-electron chi connectivity index (χ1n) is 13.7. The van der Waals surface area contributed by atoms with Crippen molar-refractivity contribution in [3.63, 3.8) is 0 Å². The van der Waals surface area contributed by atoms with Crippen LogP contribution in [0.15, 0.2) is 66.7 Å². The Labute approximate surface area is 236 Å². The topological polar surface area (TPSA) is 118 Å². The second-order valence-corrected chi connectivity index (χ2v) is 10.4. The highest BCUT2D eigenvalue weighted by Crippen LogP contribution is 2.51. The molecule has 2 aliphatic heterocycles. The maximum Gasteiger partial charge on any atom is 0.332 e. The lowest BCUT2D eigenvalue weighted by atomic mass is 9.78. The summed E-state index contributed by atoms with van der Waals surface area (Å²) in [5.41, 5.74) is 2.28. The number of fused-ring (bicyclic) bond motifs is 5. The molecule has 0 saturated carbocycles. The summed E-state index contributed by atoms with van der Waals surface area (Å²) in [7, 11) is 0. The average Bonchev–Trinajstić information content (AvgIpc) is 3.46. The van der Waals surface area contributed by atoms with Crippen molar-refractivity contribution in [1.29, 1.82) is 0 Å². The predicted octanol–water partition coefficient (Wildman–Crippen LogP) is 6.09. The number of rotatable bonds is 8. The lowest BCUT2D eigenvalue weighted by Crippen LogP contribution is -2.50. The standard InChI is InChI=1S/C31H30N4O6/c1-4-16-41-25-15-10-19(17-26(25)40-5-2)23-18-33-30(37)34(20-11-13-21(14-12-20)35(38)39)29(36)31(33,3)28-27(23)22-8-6-7-9-24(22)32-28/h6-15,17,23,32H,4-5,16,18H2,1-3H3/t23-,31-/m0/s1. The Kier molecular flexibility index (Phi) is 6.40. The van der Waals surface area contributed by atoms with Crippen LogP contribution in [0.2, 0.25) is 0 Å². The minimum absolute atomic E-state index is 0.119. The maximum atomic E-state index is 14.1. The fraction of sp³-hybridized carbons (Fsp3) is 0.290. The average molecular weight is 555 g/mol. The highest BCUT2D eigenvalue weighted by atomic mass is 16.6. The number of aromatic nitrogens is 1. The van der Waals surface area contributed by atoms with Crippen molar-refractivity contribution in [3.8, 4) is 11.5 Å². The van der Waals surface area contributed by atoms with E-state index >= 15 is 0 Å². The van der Waals surface area contributed by atoms with Crippen LogP contribution >= 0.6 is 0 Å². The van der Waals surface area contributed by atoms with Crippen LogP contribution in [0.4, 0.5) is 16.2 Å². The molecule has 3 amide bonds. The number of imide groups is 1. The summed E-state index contributed by atoms with van der Waals surface area (Å²) in [6.07, 6.45) is 0.865. The van der Waals surface area contributed by atoms with Crippen LogP contribution in [0.5, 0.6) is 11.5 Å². The van der Waals surface area contributed by atoms with Gasteiger partial charge in [-0.2, -0.15) is 0 Å².